The fraction of sp³-hybridized carbons (Fsp3) is 0.273. The van der Waals surface area contributed by atoms with Crippen LogP contribution in [-0.4, -0.2) is 19.5 Å². The largest absolute Gasteiger partial charge is 0.453 e. The Labute approximate surface area is 166 Å². The molecule has 7 nitrogen and oxygen atoms in total. The molecule has 0 saturated heterocycles. The van der Waals surface area contributed by atoms with E-state index >= 15 is 0 Å². The van der Waals surface area contributed by atoms with Crippen LogP contribution in [0.2, 0.25) is 0 Å². The second kappa shape index (κ2) is 6.96. The fourth-order valence-electron chi connectivity index (χ4n) is 4.24. The van der Waals surface area contributed by atoms with Crippen LogP contribution in [0.1, 0.15) is 43.9 Å². The van der Waals surface area contributed by atoms with E-state index in [1.54, 1.807) is 12.3 Å². The molecule has 0 amide bonds. The number of rotatable bonds is 3. The van der Waals surface area contributed by atoms with Gasteiger partial charge in [0.25, 0.3) is 0 Å². The molecule has 0 spiro atoms. The van der Waals surface area contributed by atoms with Crippen molar-refractivity contribution < 1.29 is 4.42 Å². The van der Waals surface area contributed by atoms with Gasteiger partial charge in [0.2, 0.25) is 0 Å². The SMILES string of the molecule is N#CC(C#N)=Cc1ccc(-c2nc3cnc4[nH]ccc4c3n2C2CCCCC2)o1. The zero-order chi connectivity index (χ0) is 19.8. The van der Waals surface area contributed by atoms with E-state index in [0.717, 1.165) is 40.7 Å². The van der Waals surface area contributed by atoms with Gasteiger partial charge in [0.15, 0.2) is 11.6 Å². The third-order valence-corrected chi connectivity index (χ3v) is 5.55. The van der Waals surface area contributed by atoms with E-state index in [2.05, 4.69) is 14.5 Å². The van der Waals surface area contributed by atoms with Gasteiger partial charge in [0, 0.05) is 23.7 Å². The van der Waals surface area contributed by atoms with Crippen molar-refractivity contribution in [2.24, 2.45) is 0 Å². The standard InChI is InChI=1S/C22H18N6O/c23-11-14(12-24)10-16-6-7-19(29-16)22-27-18-13-26-21-17(8-9-25-21)20(18)28(22)15-4-2-1-3-5-15/h6-10,13,15H,1-5H2,(H,25,26). The van der Waals surface area contributed by atoms with Crippen LogP contribution in [0, 0.1) is 22.7 Å². The van der Waals surface area contributed by atoms with Crippen LogP contribution in [0.25, 0.3) is 39.7 Å². The number of hydrogen-bond acceptors (Lipinski definition) is 5. The summed E-state index contributed by atoms with van der Waals surface area (Å²) >= 11 is 0. The van der Waals surface area contributed by atoms with Crippen molar-refractivity contribution in [1.29, 1.82) is 10.5 Å². The van der Waals surface area contributed by atoms with Crippen LogP contribution >= 0.6 is 0 Å². The molecule has 5 rings (SSSR count). The topological polar surface area (TPSA) is 107 Å². The van der Waals surface area contributed by atoms with E-state index in [9.17, 15) is 0 Å². The van der Waals surface area contributed by atoms with Gasteiger partial charge in [-0.3, -0.25) is 0 Å². The molecule has 0 aliphatic heterocycles. The van der Waals surface area contributed by atoms with Gasteiger partial charge in [-0.15, -0.1) is 0 Å². The summed E-state index contributed by atoms with van der Waals surface area (Å²) in [5, 5.41) is 19.0. The molecule has 1 fully saturated rings. The van der Waals surface area contributed by atoms with Crippen molar-refractivity contribution in [3.8, 4) is 23.7 Å². The molecule has 0 aromatic carbocycles. The zero-order valence-electron chi connectivity index (χ0n) is 15.7. The average molecular weight is 382 g/mol. The summed E-state index contributed by atoms with van der Waals surface area (Å²) in [5.41, 5.74) is 2.75. The van der Waals surface area contributed by atoms with Crippen molar-refractivity contribution in [3.63, 3.8) is 0 Å². The lowest BCUT2D eigenvalue weighted by Gasteiger charge is -2.25. The van der Waals surface area contributed by atoms with E-state index < -0.39 is 0 Å². The van der Waals surface area contributed by atoms with Crippen molar-refractivity contribution in [1.82, 2.24) is 19.5 Å². The number of allylic oxidation sites excluding steroid dienone is 1. The lowest BCUT2D eigenvalue weighted by atomic mass is 9.95. The number of aromatic amines is 1. The van der Waals surface area contributed by atoms with Crippen molar-refractivity contribution in [2.45, 2.75) is 38.1 Å². The molecule has 4 aromatic heterocycles. The highest BCUT2D eigenvalue weighted by Gasteiger charge is 2.25. The summed E-state index contributed by atoms with van der Waals surface area (Å²) < 4.78 is 8.27. The zero-order valence-corrected chi connectivity index (χ0v) is 15.7. The molecular weight excluding hydrogens is 364 g/mol. The van der Waals surface area contributed by atoms with E-state index in [1.165, 1.54) is 25.3 Å². The van der Waals surface area contributed by atoms with Crippen LogP contribution in [0.3, 0.4) is 0 Å². The van der Waals surface area contributed by atoms with Gasteiger partial charge in [0.05, 0.1) is 11.7 Å². The number of nitrogens with one attached hydrogen (secondary N) is 1. The van der Waals surface area contributed by atoms with E-state index in [1.807, 2.05) is 30.5 Å². The molecule has 1 aliphatic carbocycles. The number of aromatic nitrogens is 4. The minimum Gasteiger partial charge on any atom is -0.453 e. The number of pyridine rings is 1. The smallest absolute Gasteiger partial charge is 0.177 e. The Morgan fingerprint density at radius 2 is 2.00 bits per heavy atom. The van der Waals surface area contributed by atoms with E-state index in [4.69, 9.17) is 19.9 Å². The first kappa shape index (κ1) is 17.3. The first-order chi connectivity index (χ1) is 14.3. The molecule has 142 valence electrons. The van der Waals surface area contributed by atoms with Crippen LogP contribution in [0.4, 0.5) is 0 Å². The monoisotopic (exact) mass is 382 g/mol. The quantitative estimate of drug-likeness (QED) is 0.496. The maximum atomic E-state index is 8.99. The summed E-state index contributed by atoms with van der Waals surface area (Å²) in [4.78, 5) is 12.5. The molecule has 7 heteroatoms. The summed E-state index contributed by atoms with van der Waals surface area (Å²) in [6.45, 7) is 0. The van der Waals surface area contributed by atoms with Crippen molar-refractivity contribution in [2.75, 3.05) is 0 Å². The van der Waals surface area contributed by atoms with E-state index in [-0.39, 0.29) is 5.57 Å². The second-order valence-corrected chi connectivity index (χ2v) is 7.31. The van der Waals surface area contributed by atoms with Gasteiger partial charge in [-0.1, -0.05) is 19.3 Å². The van der Waals surface area contributed by atoms with Crippen LogP contribution < -0.4 is 0 Å². The molecule has 4 aromatic rings. The summed E-state index contributed by atoms with van der Waals surface area (Å²) in [6, 6.07) is 9.72. The Bertz CT molecular complexity index is 1300. The first-order valence-corrected chi connectivity index (χ1v) is 9.74. The normalized spacial score (nSPS) is 14.7. The highest BCUT2D eigenvalue weighted by molar-refractivity contribution is 6.02. The van der Waals surface area contributed by atoms with Gasteiger partial charge in [-0.2, -0.15) is 10.5 Å². The number of imidazole rings is 1. The Hall–Kier alpha value is -3.84. The number of furan rings is 1. The number of hydrogen-bond donors (Lipinski definition) is 1. The third kappa shape index (κ3) is 2.88. The van der Waals surface area contributed by atoms with Gasteiger partial charge < -0.3 is 14.0 Å². The predicted molar refractivity (Wildman–Crippen MR) is 108 cm³/mol. The molecule has 0 atom stereocenters. The maximum absolute atomic E-state index is 8.99. The molecular formula is C22H18N6O. The number of fused-ring (bicyclic) bond motifs is 3. The molecule has 29 heavy (non-hydrogen) atoms. The average Bonchev–Trinajstić information content (AvgIpc) is 3.49. The molecule has 0 radical (unpaired) electrons. The molecule has 0 bridgehead atoms. The first-order valence-electron chi connectivity index (χ1n) is 9.74. The Balaban J connectivity index is 1.72. The number of H-pyrrole nitrogens is 1. The molecule has 1 N–H and O–H groups in total. The fourth-order valence-corrected chi connectivity index (χ4v) is 4.24. The Morgan fingerprint density at radius 1 is 1.17 bits per heavy atom. The predicted octanol–water partition coefficient (Wildman–Crippen LogP) is 5.11. The van der Waals surface area contributed by atoms with Crippen LogP contribution in [0.5, 0.6) is 0 Å². The minimum atomic E-state index is 0.00455. The summed E-state index contributed by atoms with van der Waals surface area (Å²) in [7, 11) is 0. The maximum Gasteiger partial charge on any atom is 0.177 e. The second-order valence-electron chi connectivity index (χ2n) is 7.31. The summed E-state index contributed by atoms with van der Waals surface area (Å²) in [6.07, 6.45) is 11.0. The Morgan fingerprint density at radius 3 is 2.79 bits per heavy atom. The van der Waals surface area contributed by atoms with Crippen LogP contribution in [0.15, 0.2) is 40.6 Å². The number of nitriles is 2. The van der Waals surface area contributed by atoms with E-state index in [0.29, 0.717) is 17.6 Å². The summed E-state index contributed by atoms with van der Waals surface area (Å²) in [5.74, 6) is 1.85. The van der Waals surface area contributed by atoms with Gasteiger partial charge in [-0.05, 0) is 31.0 Å². The van der Waals surface area contributed by atoms with Gasteiger partial charge in [0.1, 0.15) is 34.6 Å². The lowest BCUT2D eigenvalue weighted by molar-refractivity contribution is 0.360. The lowest BCUT2D eigenvalue weighted by Crippen LogP contribution is -2.14. The highest BCUT2D eigenvalue weighted by Crippen LogP contribution is 2.38. The van der Waals surface area contributed by atoms with Gasteiger partial charge in [-0.25, -0.2) is 9.97 Å². The van der Waals surface area contributed by atoms with Crippen molar-refractivity contribution >= 4 is 28.1 Å². The third-order valence-electron chi connectivity index (χ3n) is 5.55. The Kier molecular flexibility index (Phi) is 4.14. The van der Waals surface area contributed by atoms with Crippen molar-refractivity contribution in [3.05, 3.63) is 41.9 Å². The number of nitrogens with zero attached hydrogens (tertiary/aromatic N) is 5. The van der Waals surface area contributed by atoms with Gasteiger partial charge >= 0.3 is 0 Å². The molecule has 0 unspecified atom stereocenters. The molecule has 1 aliphatic rings. The minimum absolute atomic E-state index is 0.00455. The van der Waals surface area contributed by atoms with Crippen LogP contribution in [-0.2, 0) is 0 Å². The molecule has 1 saturated carbocycles. The molecule has 4 heterocycles. The highest BCUT2D eigenvalue weighted by atomic mass is 16.3.